The van der Waals surface area contributed by atoms with Crippen molar-refractivity contribution in [2.24, 2.45) is 5.73 Å². The van der Waals surface area contributed by atoms with Gasteiger partial charge in [0.2, 0.25) is 0 Å². The Balaban J connectivity index is 1.56. The first-order chi connectivity index (χ1) is 11.1. The maximum atomic E-state index is 12.5. The van der Waals surface area contributed by atoms with E-state index in [4.69, 9.17) is 10.5 Å². The summed E-state index contributed by atoms with van der Waals surface area (Å²) in [7, 11) is 0. The standard InChI is InChI=1S/C16H22N4O3/c17-15(21)14-2-1-12(11-18-14)16(22)20-7-5-19(6-8-20)13-3-9-23-10-4-13/h1-2,11,13H,3-10H2,(H2,17,21). The zero-order chi connectivity index (χ0) is 16.2. The first kappa shape index (κ1) is 15.9. The molecule has 7 nitrogen and oxygen atoms in total. The van der Waals surface area contributed by atoms with Crippen LogP contribution in [0.25, 0.3) is 0 Å². The van der Waals surface area contributed by atoms with Gasteiger partial charge in [-0.05, 0) is 25.0 Å². The molecule has 0 bridgehead atoms. The van der Waals surface area contributed by atoms with Crippen molar-refractivity contribution < 1.29 is 14.3 Å². The van der Waals surface area contributed by atoms with Crippen molar-refractivity contribution in [3.8, 4) is 0 Å². The van der Waals surface area contributed by atoms with Gasteiger partial charge in [-0.2, -0.15) is 0 Å². The first-order valence-corrected chi connectivity index (χ1v) is 8.02. The minimum absolute atomic E-state index is 0.0415. The molecule has 0 radical (unpaired) electrons. The monoisotopic (exact) mass is 318 g/mol. The van der Waals surface area contributed by atoms with Crippen molar-refractivity contribution in [2.75, 3.05) is 39.4 Å². The van der Waals surface area contributed by atoms with E-state index in [1.54, 1.807) is 6.07 Å². The Bertz CT molecular complexity index is 561. The van der Waals surface area contributed by atoms with Crippen LogP contribution < -0.4 is 5.73 Å². The van der Waals surface area contributed by atoms with E-state index in [1.807, 2.05) is 4.90 Å². The quantitative estimate of drug-likeness (QED) is 0.855. The van der Waals surface area contributed by atoms with Crippen molar-refractivity contribution >= 4 is 11.8 Å². The molecule has 0 atom stereocenters. The zero-order valence-corrected chi connectivity index (χ0v) is 13.1. The van der Waals surface area contributed by atoms with Gasteiger partial charge in [0, 0.05) is 51.6 Å². The largest absolute Gasteiger partial charge is 0.381 e. The summed E-state index contributed by atoms with van der Waals surface area (Å²) < 4.78 is 5.40. The number of amides is 2. The van der Waals surface area contributed by atoms with Gasteiger partial charge >= 0.3 is 0 Å². The van der Waals surface area contributed by atoms with Crippen LogP contribution >= 0.6 is 0 Å². The summed E-state index contributed by atoms with van der Waals surface area (Å²) in [4.78, 5) is 31.8. The molecule has 0 aromatic carbocycles. The van der Waals surface area contributed by atoms with Crippen LogP contribution in [0.3, 0.4) is 0 Å². The van der Waals surface area contributed by atoms with E-state index in [-0.39, 0.29) is 11.6 Å². The van der Waals surface area contributed by atoms with Crippen LogP contribution in [0.5, 0.6) is 0 Å². The summed E-state index contributed by atoms with van der Waals surface area (Å²) >= 11 is 0. The Labute approximate surface area is 135 Å². The van der Waals surface area contributed by atoms with E-state index < -0.39 is 5.91 Å². The lowest BCUT2D eigenvalue weighted by atomic mass is 10.1. The Morgan fingerprint density at radius 2 is 1.83 bits per heavy atom. The topological polar surface area (TPSA) is 88.8 Å². The summed E-state index contributed by atoms with van der Waals surface area (Å²) in [6.07, 6.45) is 3.58. The number of nitrogens with zero attached hydrogens (tertiary/aromatic N) is 3. The van der Waals surface area contributed by atoms with Gasteiger partial charge in [-0.15, -0.1) is 0 Å². The van der Waals surface area contributed by atoms with Crippen LogP contribution in [0.1, 0.15) is 33.7 Å². The summed E-state index contributed by atoms with van der Waals surface area (Å²) in [5.41, 5.74) is 5.82. The molecule has 7 heteroatoms. The molecule has 1 aromatic rings. The summed E-state index contributed by atoms with van der Waals surface area (Å²) in [5, 5.41) is 0. The summed E-state index contributed by atoms with van der Waals surface area (Å²) in [6.45, 7) is 4.89. The van der Waals surface area contributed by atoms with Gasteiger partial charge < -0.3 is 15.4 Å². The molecule has 0 aliphatic carbocycles. The lowest BCUT2D eigenvalue weighted by Crippen LogP contribution is -2.53. The van der Waals surface area contributed by atoms with Crippen LogP contribution in [0, 0.1) is 0 Å². The van der Waals surface area contributed by atoms with E-state index in [0.29, 0.717) is 24.7 Å². The molecule has 0 unspecified atom stereocenters. The Hall–Kier alpha value is -1.99. The van der Waals surface area contributed by atoms with Gasteiger partial charge in [-0.25, -0.2) is 0 Å². The molecule has 124 valence electrons. The van der Waals surface area contributed by atoms with E-state index in [9.17, 15) is 9.59 Å². The second-order valence-electron chi connectivity index (χ2n) is 5.97. The van der Waals surface area contributed by atoms with Crippen LogP contribution in [0.4, 0.5) is 0 Å². The third-order valence-corrected chi connectivity index (χ3v) is 4.57. The number of hydrogen-bond acceptors (Lipinski definition) is 5. The molecule has 1 aromatic heterocycles. The van der Waals surface area contributed by atoms with Crippen LogP contribution in [0.15, 0.2) is 18.3 Å². The number of carbonyl (C=O) groups is 2. The number of piperazine rings is 1. The Morgan fingerprint density at radius 1 is 1.13 bits per heavy atom. The fourth-order valence-electron chi connectivity index (χ4n) is 3.19. The molecule has 3 heterocycles. The highest BCUT2D eigenvalue weighted by Crippen LogP contribution is 2.17. The third-order valence-electron chi connectivity index (χ3n) is 4.57. The smallest absolute Gasteiger partial charge is 0.267 e. The van der Waals surface area contributed by atoms with E-state index in [1.165, 1.54) is 12.3 Å². The average Bonchev–Trinajstić information content (AvgIpc) is 2.62. The average molecular weight is 318 g/mol. The molecule has 2 N–H and O–H groups in total. The molecular weight excluding hydrogens is 296 g/mol. The predicted octanol–water partition coefficient (Wildman–Crippen LogP) is 0.117. The van der Waals surface area contributed by atoms with Gasteiger partial charge in [0.05, 0.1) is 5.56 Å². The summed E-state index contributed by atoms with van der Waals surface area (Å²) in [6, 6.07) is 3.69. The third kappa shape index (κ3) is 3.68. The Kier molecular flexibility index (Phi) is 4.88. The molecular formula is C16H22N4O3. The van der Waals surface area contributed by atoms with Gasteiger partial charge in [0.1, 0.15) is 5.69 Å². The van der Waals surface area contributed by atoms with Crippen molar-refractivity contribution in [3.05, 3.63) is 29.6 Å². The highest BCUT2D eigenvalue weighted by atomic mass is 16.5. The molecule has 0 saturated carbocycles. The molecule has 2 aliphatic rings. The lowest BCUT2D eigenvalue weighted by Gasteiger charge is -2.40. The maximum Gasteiger partial charge on any atom is 0.267 e. The highest BCUT2D eigenvalue weighted by Gasteiger charge is 2.27. The number of carbonyl (C=O) groups excluding carboxylic acids is 2. The minimum atomic E-state index is -0.589. The first-order valence-electron chi connectivity index (χ1n) is 8.02. The fourth-order valence-corrected chi connectivity index (χ4v) is 3.19. The van der Waals surface area contributed by atoms with E-state index >= 15 is 0 Å². The number of rotatable bonds is 3. The van der Waals surface area contributed by atoms with Crippen molar-refractivity contribution in [1.82, 2.24) is 14.8 Å². The molecule has 2 amide bonds. The number of hydrogen-bond donors (Lipinski definition) is 1. The van der Waals surface area contributed by atoms with Crippen molar-refractivity contribution in [2.45, 2.75) is 18.9 Å². The number of aromatic nitrogens is 1. The van der Waals surface area contributed by atoms with Gasteiger partial charge in [-0.1, -0.05) is 0 Å². The van der Waals surface area contributed by atoms with Crippen molar-refractivity contribution in [3.63, 3.8) is 0 Å². The van der Waals surface area contributed by atoms with Gasteiger partial charge in [0.15, 0.2) is 0 Å². The van der Waals surface area contributed by atoms with E-state index in [0.717, 1.165) is 39.1 Å². The number of pyridine rings is 1. The second-order valence-corrected chi connectivity index (χ2v) is 5.97. The molecule has 2 saturated heterocycles. The predicted molar refractivity (Wildman–Crippen MR) is 84.1 cm³/mol. The number of nitrogens with two attached hydrogens (primary N) is 1. The van der Waals surface area contributed by atoms with Crippen molar-refractivity contribution in [1.29, 1.82) is 0 Å². The molecule has 2 fully saturated rings. The van der Waals surface area contributed by atoms with Crippen LogP contribution in [0.2, 0.25) is 0 Å². The molecule has 3 rings (SSSR count). The fraction of sp³-hybridized carbons (Fsp3) is 0.562. The Morgan fingerprint density at radius 3 is 2.39 bits per heavy atom. The van der Waals surface area contributed by atoms with E-state index in [2.05, 4.69) is 9.88 Å². The maximum absolute atomic E-state index is 12.5. The molecule has 2 aliphatic heterocycles. The second kappa shape index (κ2) is 7.06. The minimum Gasteiger partial charge on any atom is -0.381 e. The lowest BCUT2D eigenvalue weighted by molar-refractivity contribution is 0.0137. The zero-order valence-electron chi connectivity index (χ0n) is 13.1. The van der Waals surface area contributed by atoms with Gasteiger partial charge in [0.25, 0.3) is 11.8 Å². The molecule has 0 spiro atoms. The molecule has 23 heavy (non-hydrogen) atoms. The number of primary amides is 1. The number of ether oxygens (including phenoxy) is 1. The SMILES string of the molecule is NC(=O)c1ccc(C(=O)N2CCN(C3CCOCC3)CC2)cn1. The highest BCUT2D eigenvalue weighted by molar-refractivity contribution is 5.95. The normalized spacial score (nSPS) is 20.4. The summed E-state index contributed by atoms with van der Waals surface area (Å²) in [5.74, 6) is -0.630. The van der Waals surface area contributed by atoms with Gasteiger partial charge in [-0.3, -0.25) is 19.5 Å². The van der Waals surface area contributed by atoms with Crippen LogP contribution in [-0.4, -0.2) is 72.0 Å². The van der Waals surface area contributed by atoms with Crippen LogP contribution in [-0.2, 0) is 4.74 Å².